The number of halogens is 1. The van der Waals surface area contributed by atoms with Crippen molar-refractivity contribution in [2.24, 2.45) is 5.73 Å². The van der Waals surface area contributed by atoms with Crippen LogP contribution >= 0.6 is 0 Å². The summed E-state index contributed by atoms with van der Waals surface area (Å²) < 4.78 is 15.1. The molecular weight excluding hydrogens is 263 g/mol. The predicted octanol–water partition coefficient (Wildman–Crippen LogP) is 0.867. The van der Waals surface area contributed by atoms with Gasteiger partial charge in [0.25, 0.3) is 0 Å². The molecule has 0 saturated carbocycles. The fourth-order valence-electron chi connectivity index (χ4n) is 1.70. The number of nitrogens with zero attached hydrogens (tertiary/aromatic N) is 4. The highest BCUT2D eigenvalue weighted by atomic mass is 19.1. The summed E-state index contributed by atoms with van der Waals surface area (Å²) in [4.78, 5) is 11.8. The minimum absolute atomic E-state index is 0.0505. The molecule has 7 nitrogen and oxygen atoms in total. The zero-order chi connectivity index (χ0) is 14.5. The van der Waals surface area contributed by atoms with Crippen LogP contribution in [-0.2, 0) is 4.79 Å². The second-order valence-corrected chi connectivity index (χ2v) is 4.30. The molecule has 1 amide bonds. The second-order valence-electron chi connectivity index (χ2n) is 4.30. The van der Waals surface area contributed by atoms with Crippen LogP contribution < -0.4 is 11.1 Å². The number of nitrogens with two attached hydrogens (primary N) is 1. The SMILES string of the molecule is CCC[C@H](N)C(=O)Nc1cc(-n2cnnn2)ccc1F. The van der Waals surface area contributed by atoms with Crippen LogP contribution in [-0.4, -0.2) is 32.2 Å². The van der Waals surface area contributed by atoms with Gasteiger partial charge in [0.2, 0.25) is 5.91 Å². The van der Waals surface area contributed by atoms with Crippen LogP contribution in [0.3, 0.4) is 0 Å². The van der Waals surface area contributed by atoms with E-state index in [1.165, 1.54) is 29.2 Å². The van der Waals surface area contributed by atoms with Crippen molar-refractivity contribution in [1.82, 2.24) is 20.2 Å². The third-order valence-corrected chi connectivity index (χ3v) is 2.76. The summed E-state index contributed by atoms with van der Waals surface area (Å²) in [6.07, 6.45) is 2.70. The molecule has 2 rings (SSSR count). The highest BCUT2D eigenvalue weighted by molar-refractivity contribution is 5.95. The van der Waals surface area contributed by atoms with Crippen LogP contribution in [0.4, 0.5) is 10.1 Å². The van der Waals surface area contributed by atoms with Crippen molar-refractivity contribution in [3.63, 3.8) is 0 Å². The van der Waals surface area contributed by atoms with Crippen LogP contribution in [0.15, 0.2) is 24.5 Å². The third kappa shape index (κ3) is 3.15. The summed E-state index contributed by atoms with van der Waals surface area (Å²) in [7, 11) is 0. The van der Waals surface area contributed by atoms with Gasteiger partial charge in [-0.3, -0.25) is 4.79 Å². The van der Waals surface area contributed by atoms with Gasteiger partial charge in [-0.25, -0.2) is 9.07 Å². The number of rotatable bonds is 5. The van der Waals surface area contributed by atoms with E-state index in [1.54, 1.807) is 0 Å². The maximum Gasteiger partial charge on any atom is 0.241 e. The van der Waals surface area contributed by atoms with Crippen molar-refractivity contribution in [2.75, 3.05) is 5.32 Å². The molecule has 1 aromatic carbocycles. The summed E-state index contributed by atoms with van der Waals surface area (Å²) in [6, 6.07) is 3.53. The summed E-state index contributed by atoms with van der Waals surface area (Å²) in [5.74, 6) is -0.960. The van der Waals surface area contributed by atoms with Crippen LogP contribution in [0.25, 0.3) is 5.69 Å². The Labute approximate surface area is 115 Å². The molecule has 20 heavy (non-hydrogen) atoms. The summed E-state index contributed by atoms with van der Waals surface area (Å²) in [5.41, 5.74) is 6.27. The van der Waals surface area contributed by atoms with E-state index in [2.05, 4.69) is 20.8 Å². The fourth-order valence-corrected chi connectivity index (χ4v) is 1.70. The summed E-state index contributed by atoms with van der Waals surface area (Å²) in [5, 5.41) is 13.2. The first-order valence-electron chi connectivity index (χ1n) is 6.21. The molecule has 0 unspecified atom stereocenters. The molecule has 3 N–H and O–H groups in total. The van der Waals surface area contributed by atoms with Gasteiger partial charge in [-0.2, -0.15) is 0 Å². The standard InChI is InChI=1S/C12H15FN6O/c1-2-3-10(14)12(20)16-11-6-8(4-5-9(11)13)19-7-15-17-18-19/h4-7,10H,2-3,14H2,1H3,(H,16,20)/t10-/m0/s1. The maximum atomic E-state index is 13.7. The largest absolute Gasteiger partial charge is 0.322 e. The highest BCUT2D eigenvalue weighted by Gasteiger charge is 2.15. The van der Waals surface area contributed by atoms with Crippen molar-refractivity contribution in [3.8, 4) is 5.69 Å². The number of tetrazole rings is 1. The third-order valence-electron chi connectivity index (χ3n) is 2.76. The zero-order valence-electron chi connectivity index (χ0n) is 11.0. The zero-order valence-corrected chi connectivity index (χ0v) is 11.0. The number of amides is 1. The molecule has 1 heterocycles. The monoisotopic (exact) mass is 278 g/mol. The molecule has 0 spiro atoms. The smallest absolute Gasteiger partial charge is 0.241 e. The average Bonchev–Trinajstić information content (AvgIpc) is 2.95. The molecule has 0 bridgehead atoms. The first-order valence-corrected chi connectivity index (χ1v) is 6.21. The number of nitrogens with one attached hydrogen (secondary N) is 1. The summed E-state index contributed by atoms with van der Waals surface area (Å²) >= 11 is 0. The van der Waals surface area contributed by atoms with E-state index in [1.807, 2.05) is 6.92 Å². The van der Waals surface area contributed by atoms with Crippen LogP contribution in [0.5, 0.6) is 0 Å². The van der Waals surface area contributed by atoms with Crippen molar-refractivity contribution < 1.29 is 9.18 Å². The first-order chi connectivity index (χ1) is 9.61. The normalized spacial score (nSPS) is 12.2. The van der Waals surface area contributed by atoms with Gasteiger partial charge in [0, 0.05) is 0 Å². The average molecular weight is 278 g/mol. The number of carbonyl (C=O) groups is 1. The molecule has 0 radical (unpaired) electrons. The van der Waals surface area contributed by atoms with Gasteiger partial charge in [0.1, 0.15) is 12.1 Å². The van der Waals surface area contributed by atoms with Gasteiger partial charge < -0.3 is 11.1 Å². The number of hydrogen-bond donors (Lipinski definition) is 2. The molecule has 106 valence electrons. The Morgan fingerprint density at radius 1 is 1.55 bits per heavy atom. The van der Waals surface area contributed by atoms with Crippen LogP contribution in [0.2, 0.25) is 0 Å². The molecular formula is C12H15FN6O. The van der Waals surface area contributed by atoms with E-state index in [4.69, 9.17) is 5.73 Å². The molecule has 0 aliphatic rings. The first kappa shape index (κ1) is 14.1. The molecule has 2 aromatic rings. The molecule has 0 aliphatic heterocycles. The minimum Gasteiger partial charge on any atom is -0.322 e. The van der Waals surface area contributed by atoms with E-state index in [0.717, 1.165) is 6.42 Å². The molecule has 0 aliphatic carbocycles. The van der Waals surface area contributed by atoms with Crippen LogP contribution in [0, 0.1) is 5.82 Å². The van der Waals surface area contributed by atoms with Crippen molar-refractivity contribution in [2.45, 2.75) is 25.8 Å². The number of hydrogen-bond acceptors (Lipinski definition) is 5. The lowest BCUT2D eigenvalue weighted by Crippen LogP contribution is -2.35. The van der Waals surface area contributed by atoms with Gasteiger partial charge in [0.05, 0.1) is 17.4 Å². The number of benzene rings is 1. The van der Waals surface area contributed by atoms with E-state index < -0.39 is 17.8 Å². The number of carbonyl (C=O) groups excluding carboxylic acids is 1. The Balaban J connectivity index is 2.19. The molecule has 1 aromatic heterocycles. The van der Waals surface area contributed by atoms with Gasteiger partial charge in [0.15, 0.2) is 0 Å². The maximum absolute atomic E-state index is 13.7. The Morgan fingerprint density at radius 3 is 3.00 bits per heavy atom. The Hall–Kier alpha value is -2.35. The van der Waals surface area contributed by atoms with E-state index in [-0.39, 0.29) is 5.69 Å². The Morgan fingerprint density at radius 2 is 2.35 bits per heavy atom. The van der Waals surface area contributed by atoms with Crippen molar-refractivity contribution in [1.29, 1.82) is 0 Å². The lowest BCUT2D eigenvalue weighted by atomic mass is 10.1. The van der Waals surface area contributed by atoms with Gasteiger partial charge in [-0.15, -0.1) is 5.10 Å². The lowest BCUT2D eigenvalue weighted by molar-refractivity contribution is -0.117. The molecule has 8 heteroatoms. The van der Waals surface area contributed by atoms with Crippen molar-refractivity contribution in [3.05, 3.63) is 30.3 Å². The van der Waals surface area contributed by atoms with Gasteiger partial charge in [-0.1, -0.05) is 13.3 Å². The fraction of sp³-hybridized carbons (Fsp3) is 0.333. The Kier molecular flexibility index (Phi) is 4.36. The summed E-state index contributed by atoms with van der Waals surface area (Å²) in [6.45, 7) is 1.92. The highest BCUT2D eigenvalue weighted by Crippen LogP contribution is 2.18. The lowest BCUT2D eigenvalue weighted by Gasteiger charge is -2.12. The van der Waals surface area contributed by atoms with Crippen molar-refractivity contribution >= 4 is 11.6 Å². The van der Waals surface area contributed by atoms with E-state index >= 15 is 0 Å². The topological polar surface area (TPSA) is 98.7 Å². The van der Waals surface area contributed by atoms with E-state index in [0.29, 0.717) is 12.1 Å². The minimum atomic E-state index is -0.656. The quantitative estimate of drug-likeness (QED) is 0.845. The molecule has 1 atom stereocenters. The second kappa shape index (κ2) is 6.20. The number of aromatic nitrogens is 4. The molecule has 0 fully saturated rings. The number of anilines is 1. The van der Waals surface area contributed by atoms with Crippen LogP contribution in [0.1, 0.15) is 19.8 Å². The molecule has 0 saturated heterocycles. The van der Waals surface area contributed by atoms with Gasteiger partial charge in [-0.05, 0) is 35.0 Å². The van der Waals surface area contributed by atoms with Gasteiger partial charge >= 0.3 is 0 Å². The van der Waals surface area contributed by atoms with E-state index in [9.17, 15) is 9.18 Å². The Bertz CT molecular complexity index is 586. The predicted molar refractivity (Wildman–Crippen MR) is 70.6 cm³/mol.